The molecule has 0 radical (unpaired) electrons. The first-order chi connectivity index (χ1) is 7.20. The fourth-order valence-electron chi connectivity index (χ4n) is 1.51. The topological polar surface area (TPSA) is 52.0 Å². The van der Waals surface area contributed by atoms with Crippen molar-refractivity contribution >= 4 is 22.7 Å². The Labute approximate surface area is 93.2 Å². The molecule has 0 saturated carbocycles. The van der Waals surface area contributed by atoms with E-state index in [-0.39, 0.29) is 6.04 Å². The zero-order chi connectivity index (χ0) is 10.8. The van der Waals surface area contributed by atoms with Crippen LogP contribution < -0.4 is 5.73 Å². The highest BCUT2D eigenvalue weighted by Crippen LogP contribution is 2.23. The van der Waals surface area contributed by atoms with Crippen molar-refractivity contribution in [2.45, 2.75) is 25.8 Å². The van der Waals surface area contributed by atoms with Gasteiger partial charge in [-0.1, -0.05) is 24.9 Å². The number of hydrogen-bond acceptors (Lipinski definition) is 3. The van der Waals surface area contributed by atoms with Crippen LogP contribution >= 0.6 is 11.6 Å². The Kier molecular flexibility index (Phi) is 2.93. The van der Waals surface area contributed by atoms with E-state index in [1.54, 1.807) is 12.1 Å². The highest BCUT2D eigenvalue weighted by Gasteiger charge is 2.12. The SMILES string of the molecule is CCCC(N)c1nc2ccc(Cl)cc2o1. The van der Waals surface area contributed by atoms with Crippen LogP contribution in [0.1, 0.15) is 31.7 Å². The number of halogens is 1. The van der Waals surface area contributed by atoms with Gasteiger partial charge in [-0.2, -0.15) is 0 Å². The van der Waals surface area contributed by atoms with Crippen molar-refractivity contribution in [2.75, 3.05) is 0 Å². The summed E-state index contributed by atoms with van der Waals surface area (Å²) in [6, 6.07) is 5.26. The minimum absolute atomic E-state index is 0.124. The van der Waals surface area contributed by atoms with E-state index >= 15 is 0 Å². The minimum atomic E-state index is -0.124. The molecule has 0 aliphatic rings. The molecule has 1 unspecified atom stereocenters. The van der Waals surface area contributed by atoms with E-state index in [0.29, 0.717) is 16.5 Å². The monoisotopic (exact) mass is 224 g/mol. The Bertz CT molecular complexity index is 467. The molecule has 15 heavy (non-hydrogen) atoms. The summed E-state index contributed by atoms with van der Waals surface area (Å²) in [5, 5.41) is 0.647. The Balaban J connectivity index is 2.38. The van der Waals surface area contributed by atoms with Crippen molar-refractivity contribution in [1.29, 1.82) is 0 Å². The molecule has 0 amide bonds. The van der Waals surface area contributed by atoms with E-state index < -0.39 is 0 Å². The van der Waals surface area contributed by atoms with Gasteiger partial charge >= 0.3 is 0 Å². The summed E-state index contributed by atoms with van der Waals surface area (Å²) in [7, 11) is 0. The fourth-order valence-corrected chi connectivity index (χ4v) is 1.67. The van der Waals surface area contributed by atoms with Gasteiger partial charge in [-0.3, -0.25) is 0 Å². The lowest BCUT2D eigenvalue weighted by molar-refractivity contribution is 0.456. The minimum Gasteiger partial charge on any atom is -0.439 e. The molecule has 0 fully saturated rings. The lowest BCUT2D eigenvalue weighted by Crippen LogP contribution is -2.09. The summed E-state index contributed by atoms with van der Waals surface area (Å²) in [6.45, 7) is 2.08. The van der Waals surface area contributed by atoms with Crippen LogP contribution in [0.5, 0.6) is 0 Å². The summed E-state index contributed by atoms with van der Waals surface area (Å²) in [5.74, 6) is 0.592. The number of nitrogens with zero attached hydrogens (tertiary/aromatic N) is 1. The van der Waals surface area contributed by atoms with Gasteiger partial charge < -0.3 is 10.2 Å². The highest BCUT2D eigenvalue weighted by molar-refractivity contribution is 6.31. The van der Waals surface area contributed by atoms with Gasteiger partial charge in [-0.05, 0) is 18.6 Å². The highest BCUT2D eigenvalue weighted by atomic mass is 35.5. The summed E-state index contributed by atoms with van der Waals surface area (Å²) in [5.41, 5.74) is 7.42. The third-order valence-electron chi connectivity index (χ3n) is 2.28. The van der Waals surface area contributed by atoms with Crippen LogP contribution in [0.4, 0.5) is 0 Å². The van der Waals surface area contributed by atoms with Crippen molar-refractivity contribution in [3.8, 4) is 0 Å². The molecule has 2 rings (SSSR count). The van der Waals surface area contributed by atoms with Gasteiger partial charge in [0.25, 0.3) is 0 Å². The smallest absolute Gasteiger partial charge is 0.212 e. The zero-order valence-electron chi connectivity index (χ0n) is 8.53. The third-order valence-corrected chi connectivity index (χ3v) is 2.52. The maximum Gasteiger partial charge on any atom is 0.212 e. The molecule has 1 atom stereocenters. The molecule has 2 aromatic rings. The fraction of sp³-hybridized carbons (Fsp3) is 0.364. The van der Waals surface area contributed by atoms with E-state index in [9.17, 15) is 0 Å². The average Bonchev–Trinajstić information content (AvgIpc) is 2.60. The number of aromatic nitrogens is 1. The first-order valence-corrected chi connectivity index (χ1v) is 5.40. The summed E-state index contributed by atoms with van der Waals surface area (Å²) in [4.78, 5) is 4.32. The normalized spacial score (nSPS) is 13.3. The summed E-state index contributed by atoms with van der Waals surface area (Å²) in [6.07, 6.45) is 1.89. The lowest BCUT2D eigenvalue weighted by atomic mass is 10.2. The van der Waals surface area contributed by atoms with Crippen LogP contribution in [0.2, 0.25) is 5.02 Å². The van der Waals surface area contributed by atoms with Crippen LogP contribution in [0, 0.1) is 0 Å². The van der Waals surface area contributed by atoms with Crippen molar-refractivity contribution in [2.24, 2.45) is 5.73 Å². The van der Waals surface area contributed by atoms with Crippen molar-refractivity contribution in [3.05, 3.63) is 29.1 Å². The third kappa shape index (κ3) is 2.13. The Morgan fingerprint density at radius 3 is 3.07 bits per heavy atom. The Hall–Kier alpha value is -1.06. The van der Waals surface area contributed by atoms with Crippen molar-refractivity contribution < 1.29 is 4.42 Å². The first kappa shape index (κ1) is 10.5. The van der Waals surface area contributed by atoms with Gasteiger partial charge in [0.15, 0.2) is 5.58 Å². The molecule has 2 N–H and O–H groups in total. The van der Waals surface area contributed by atoms with E-state index in [2.05, 4.69) is 11.9 Å². The second-order valence-corrected chi connectivity index (χ2v) is 4.00. The molecule has 0 bridgehead atoms. The standard InChI is InChI=1S/C11H13ClN2O/c1-2-3-8(13)11-14-9-5-4-7(12)6-10(9)15-11/h4-6,8H,2-3,13H2,1H3. The maximum atomic E-state index is 5.92. The van der Waals surface area contributed by atoms with Crippen molar-refractivity contribution in [1.82, 2.24) is 4.98 Å². The molecule has 80 valence electrons. The first-order valence-electron chi connectivity index (χ1n) is 5.02. The second kappa shape index (κ2) is 4.21. The molecule has 1 aromatic heterocycles. The summed E-state index contributed by atoms with van der Waals surface area (Å²) < 4.78 is 5.54. The van der Waals surface area contributed by atoms with Gasteiger partial charge in [0.05, 0.1) is 6.04 Å². The molecule has 0 aliphatic carbocycles. The van der Waals surface area contributed by atoms with E-state index in [1.807, 2.05) is 6.07 Å². The number of benzene rings is 1. The van der Waals surface area contributed by atoms with Gasteiger partial charge in [0.2, 0.25) is 5.89 Å². The molecule has 1 aromatic carbocycles. The van der Waals surface area contributed by atoms with E-state index in [4.69, 9.17) is 21.8 Å². The molecular formula is C11H13ClN2O. The van der Waals surface area contributed by atoms with Gasteiger partial charge in [-0.15, -0.1) is 0 Å². The lowest BCUT2D eigenvalue weighted by Gasteiger charge is -2.03. The quantitative estimate of drug-likeness (QED) is 0.871. The number of rotatable bonds is 3. The van der Waals surface area contributed by atoms with Gasteiger partial charge in [0, 0.05) is 11.1 Å². The number of fused-ring (bicyclic) bond motifs is 1. The van der Waals surface area contributed by atoms with Gasteiger partial charge in [0.1, 0.15) is 5.52 Å². The zero-order valence-corrected chi connectivity index (χ0v) is 9.29. The molecule has 3 nitrogen and oxygen atoms in total. The van der Waals surface area contributed by atoms with E-state index in [1.165, 1.54) is 0 Å². The predicted octanol–water partition coefficient (Wildman–Crippen LogP) is 3.28. The number of nitrogens with two attached hydrogens (primary N) is 1. The van der Waals surface area contributed by atoms with Gasteiger partial charge in [-0.25, -0.2) is 4.98 Å². The Morgan fingerprint density at radius 1 is 1.53 bits per heavy atom. The molecule has 0 aliphatic heterocycles. The van der Waals surface area contributed by atoms with Crippen LogP contribution in [0.3, 0.4) is 0 Å². The molecule has 0 saturated heterocycles. The predicted molar refractivity (Wildman–Crippen MR) is 60.9 cm³/mol. The number of hydrogen-bond donors (Lipinski definition) is 1. The van der Waals surface area contributed by atoms with Crippen LogP contribution in [0.25, 0.3) is 11.1 Å². The molecule has 4 heteroatoms. The average molecular weight is 225 g/mol. The molecule has 1 heterocycles. The van der Waals surface area contributed by atoms with Crippen LogP contribution in [-0.4, -0.2) is 4.98 Å². The molecular weight excluding hydrogens is 212 g/mol. The molecule has 0 spiro atoms. The van der Waals surface area contributed by atoms with Crippen LogP contribution in [0.15, 0.2) is 22.6 Å². The van der Waals surface area contributed by atoms with E-state index in [0.717, 1.165) is 18.4 Å². The maximum absolute atomic E-state index is 5.92. The Morgan fingerprint density at radius 2 is 2.33 bits per heavy atom. The second-order valence-electron chi connectivity index (χ2n) is 3.56. The number of oxazole rings is 1. The largest absolute Gasteiger partial charge is 0.439 e. The summed E-state index contributed by atoms with van der Waals surface area (Å²) >= 11 is 5.85. The van der Waals surface area contributed by atoms with Crippen LogP contribution in [-0.2, 0) is 0 Å². The van der Waals surface area contributed by atoms with Crippen molar-refractivity contribution in [3.63, 3.8) is 0 Å².